The van der Waals surface area contributed by atoms with Gasteiger partial charge in [-0.25, -0.2) is 4.98 Å². The number of carbonyl (C=O) groups excluding carboxylic acids is 1. The highest BCUT2D eigenvalue weighted by molar-refractivity contribution is 7.09. The van der Waals surface area contributed by atoms with Gasteiger partial charge in [0, 0.05) is 25.5 Å². The van der Waals surface area contributed by atoms with Gasteiger partial charge in [-0.05, 0) is 23.5 Å². The molecule has 2 heterocycles. The largest absolute Gasteiger partial charge is 0.351 e. The molecule has 22 heavy (non-hydrogen) atoms. The van der Waals surface area contributed by atoms with Crippen LogP contribution in [0.15, 0.2) is 49.1 Å². The van der Waals surface area contributed by atoms with Gasteiger partial charge in [0.2, 0.25) is 0 Å². The molecule has 0 radical (unpaired) electrons. The van der Waals surface area contributed by atoms with Gasteiger partial charge in [0.15, 0.2) is 5.69 Å². The van der Waals surface area contributed by atoms with E-state index in [9.17, 15) is 4.79 Å². The van der Waals surface area contributed by atoms with Crippen molar-refractivity contribution >= 4 is 17.4 Å². The van der Waals surface area contributed by atoms with Crippen molar-refractivity contribution in [1.29, 1.82) is 0 Å². The highest BCUT2D eigenvalue weighted by atomic mass is 32.1. The van der Waals surface area contributed by atoms with Crippen LogP contribution in [0.1, 0.15) is 16.9 Å². The second kappa shape index (κ2) is 6.95. The molecule has 0 saturated heterocycles. The fourth-order valence-electron chi connectivity index (χ4n) is 2.08. The molecule has 3 aromatic rings. The number of rotatable bonds is 6. The molecular formula is C15H15N5OS. The van der Waals surface area contributed by atoms with Crippen LogP contribution in [0.2, 0.25) is 0 Å². The first kappa shape index (κ1) is 14.4. The van der Waals surface area contributed by atoms with Crippen LogP contribution in [0.5, 0.6) is 0 Å². The summed E-state index contributed by atoms with van der Waals surface area (Å²) in [7, 11) is 0. The van der Waals surface area contributed by atoms with Crippen LogP contribution in [0, 0.1) is 0 Å². The quantitative estimate of drug-likeness (QED) is 0.708. The predicted molar refractivity (Wildman–Crippen MR) is 84.5 cm³/mol. The van der Waals surface area contributed by atoms with Crippen molar-refractivity contribution in [2.24, 2.45) is 0 Å². The maximum atomic E-state index is 12.2. The molecule has 1 aromatic carbocycles. The van der Waals surface area contributed by atoms with Crippen molar-refractivity contribution in [2.45, 2.75) is 13.0 Å². The highest BCUT2D eigenvalue weighted by Gasteiger charge is 2.17. The van der Waals surface area contributed by atoms with Crippen molar-refractivity contribution in [2.75, 3.05) is 6.54 Å². The third-order valence-corrected chi connectivity index (χ3v) is 3.95. The lowest BCUT2D eigenvalue weighted by Gasteiger charge is -2.05. The topological polar surface area (TPSA) is 72.7 Å². The molecule has 0 saturated carbocycles. The Morgan fingerprint density at radius 3 is 2.91 bits per heavy atom. The molecule has 0 fully saturated rings. The van der Waals surface area contributed by atoms with Crippen molar-refractivity contribution in [3.63, 3.8) is 0 Å². The van der Waals surface area contributed by atoms with E-state index in [1.807, 2.05) is 41.1 Å². The Morgan fingerprint density at radius 2 is 2.14 bits per heavy atom. The van der Waals surface area contributed by atoms with Crippen LogP contribution in [-0.2, 0) is 6.54 Å². The number of benzene rings is 1. The summed E-state index contributed by atoms with van der Waals surface area (Å²) in [5.41, 5.74) is 1.35. The van der Waals surface area contributed by atoms with Gasteiger partial charge in [-0.2, -0.15) is 0 Å². The lowest BCUT2D eigenvalue weighted by molar-refractivity contribution is 0.0948. The zero-order valence-corrected chi connectivity index (χ0v) is 12.7. The maximum Gasteiger partial charge on any atom is 0.273 e. The first-order valence-electron chi connectivity index (χ1n) is 6.96. The number of aromatic nitrogens is 4. The third-order valence-electron chi connectivity index (χ3n) is 3.18. The molecule has 0 aliphatic rings. The molecule has 1 N–H and O–H groups in total. The maximum absolute atomic E-state index is 12.2. The number of nitrogens with zero attached hydrogens (tertiary/aromatic N) is 4. The SMILES string of the molecule is O=C(NCCCn1ccnc1)c1nnsc1-c1ccccc1. The highest BCUT2D eigenvalue weighted by Crippen LogP contribution is 2.25. The van der Waals surface area contributed by atoms with E-state index < -0.39 is 0 Å². The van der Waals surface area contributed by atoms with E-state index in [0.29, 0.717) is 12.2 Å². The van der Waals surface area contributed by atoms with Crippen LogP contribution in [0.3, 0.4) is 0 Å². The van der Waals surface area contributed by atoms with Crippen LogP contribution in [0.4, 0.5) is 0 Å². The number of nitrogens with one attached hydrogen (secondary N) is 1. The Morgan fingerprint density at radius 1 is 1.27 bits per heavy atom. The monoisotopic (exact) mass is 313 g/mol. The number of carbonyl (C=O) groups is 1. The van der Waals surface area contributed by atoms with Crippen LogP contribution in [0.25, 0.3) is 10.4 Å². The van der Waals surface area contributed by atoms with Gasteiger partial charge in [-0.15, -0.1) is 5.10 Å². The average Bonchev–Trinajstić information content (AvgIpc) is 3.23. The molecule has 0 bridgehead atoms. The summed E-state index contributed by atoms with van der Waals surface area (Å²) < 4.78 is 5.89. The Kier molecular flexibility index (Phi) is 4.55. The minimum absolute atomic E-state index is 0.182. The van der Waals surface area contributed by atoms with Crippen LogP contribution < -0.4 is 5.32 Å². The minimum Gasteiger partial charge on any atom is -0.351 e. The zero-order chi connectivity index (χ0) is 15.2. The molecule has 6 nitrogen and oxygen atoms in total. The molecule has 0 aliphatic heterocycles. The number of aryl methyl sites for hydroxylation is 1. The van der Waals surface area contributed by atoms with E-state index in [2.05, 4.69) is 19.9 Å². The summed E-state index contributed by atoms with van der Waals surface area (Å²) in [6.45, 7) is 1.41. The van der Waals surface area contributed by atoms with Crippen molar-refractivity contribution in [1.82, 2.24) is 24.5 Å². The second-order valence-electron chi connectivity index (χ2n) is 4.73. The minimum atomic E-state index is -0.182. The third kappa shape index (κ3) is 3.37. The van der Waals surface area contributed by atoms with Gasteiger partial charge in [0.05, 0.1) is 11.2 Å². The standard InChI is InChI=1S/C15H15N5OS/c21-15(17-7-4-9-20-10-8-16-11-20)13-14(22-19-18-13)12-5-2-1-3-6-12/h1-3,5-6,8,10-11H,4,7,9H2,(H,17,21). The Bertz CT molecular complexity index is 723. The van der Waals surface area contributed by atoms with Gasteiger partial charge < -0.3 is 9.88 Å². The number of hydrogen-bond donors (Lipinski definition) is 1. The molecule has 1 amide bonds. The molecule has 2 aromatic heterocycles. The Hall–Kier alpha value is -2.54. The predicted octanol–water partition coefficient (Wildman–Crippen LogP) is 2.22. The van der Waals surface area contributed by atoms with Gasteiger partial charge in [0.25, 0.3) is 5.91 Å². The van der Waals surface area contributed by atoms with E-state index in [1.54, 1.807) is 12.5 Å². The number of imidazole rings is 1. The molecule has 0 aliphatic carbocycles. The molecule has 112 valence electrons. The molecule has 7 heteroatoms. The van der Waals surface area contributed by atoms with Gasteiger partial charge in [0.1, 0.15) is 0 Å². The van der Waals surface area contributed by atoms with Gasteiger partial charge >= 0.3 is 0 Å². The van der Waals surface area contributed by atoms with E-state index in [4.69, 9.17) is 0 Å². The van der Waals surface area contributed by atoms with E-state index in [-0.39, 0.29) is 5.91 Å². The zero-order valence-electron chi connectivity index (χ0n) is 11.8. The van der Waals surface area contributed by atoms with E-state index in [0.717, 1.165) is 23.4 Å². The molecule has 0 unspecified atom stereocenters. The molecule has 0 spiro atoms. The van der Waals surface area contributed by atoms with Crippen molar-refractivity contribution in [3.8, 4) is 10.4 Å². The molecule has 0 atom stereocenters. The van der Waals surface area contributed by atoms with Gasteiger partial charge in [-0.1, -0.05) is 34.8 Å². The molecule has 3 rings (SSSR count). The first-order valence-corrected chi connectivity index (χ1v) is 7.73. The normalized spacial score (nSPS) is 10.5. The molecular weight excluding hydrogens is 298 g/mol. The van der Waals surface area contributed by atoms with E-state index >= 15 is 0 Å². The van der Waals surface area contributed by atoms with E-state index in [1.165, 1.54) is 11.5 Å². The van der Waals surface area contributed by atoms with Crippen LogP contribution >= 0.6 is 11.5 Å². The van der Waals surface area contributed by atoms with Gasteiger partial charge in [-0.3, -0.25) is 4.79 Å². The summed E-state index contributed by atoms with van der Waals surface area (Å²) in [4.78, 5) is 17.0. The second-order valence-corrected chi connectivity index (χ2v) is 5.48. The summed E-state index contributed by atoms with van der Waals surface area (Å²) in [5, 5.41) is 6.85. The first-order chi connectivity index (χ1) is 10.8. The van der Waals surface area contributed by atoms with Crippen molar-refractivity contribution in [3.05, 3.63) is 54.7 Å². The summed E-state index contributed by atoms with van der Waals surface area (Å²) in [6.07, 6.45) is 6.24. The summed E-state index contributed by atoms with van der Waals surface area (Å²) in [6, 6.07) is 9.70. The Labute approximate surface area is 132 Å². The fraction of sp³-hybridized carbons (Fsp3) is 0.200. The average molecular weight is 313 g/mol. The lowest BCUT2D eigenvalue weighted by Crippen LogP contribution is -2.26. The fourth-order valence-corrected chi connectivity index (χ4v) is 2.75. The number of hydrogen-bond acceptors (Lipinski definition) is 5. The van der Waals surface area contributed by atoms with Crippen molar-refractivity contribution < 1.29 is 4.79 Å². The summed E-state index contributed by atoms with van der Waals surface area (Å²) >= 11 is 1.23. The Balaban J connectivity index is 1.58. The summed E-state index contributed by atoms with van der Waals surface area (Å²) in [5.74, 6) is -0.182. The lowest BCUT2D eigenvalue weighted by atomic mass is 10.1. The smallest absolute Gasteiger partial charge is 0.273 e. The number of amides is 1. The van der Waals surface area contributed by atoms with Crippen LogP contribution in [-0.4, -0.2) is 31.6 Å².